The van der Waals surface area contributed by atoms with Gasteiger partial charge in [0, 0.05) is 17.3 Å². The third-order valence-electron chi connectivity index (χ3n) is 3.96. The molecule has 0 fully saturated rings. The van der Waals surface area contributed by atoms with Crippen LogP contribution >= 0.6 is 11.6 Å². The average Bonchev–Trinajstić information content (AvgIpc) is 2.66. The van der Waals surface area contributed by atoms with Gasteiger partial charge in [-0.3, -0.25) is 10.1 Å². The van der Waals surface area contributed by atoms with E-state index >= 15 is 0 Å². The van der Waals surface area contributed by atoms with Crippen LogP contribution in [0.1, 0.15) is 17.2 Å². The van der Waals surface area contributed by atoms with Gasteiger partial charge < -0.3 is 5.32 Å². The van der Waals surface area contributed by atoms with Crippen molar-refractivity contribution in [1.82, 2.24) is 5.32 Å². The molecule has 0 saturated carbocycles. The molecule has 0 bridgehead atoms. The van der Waals surface area contributed by atoms with E-state index in [-0.39, 0.29) is 11.7 Å². The third-order valence-corrected chi connectivity index (χ3v) is 4.33. The summed E-state index contributed by atoms with van der Waals surface area (Å²) >= 11 is 6.20. The highest BCUT2D eigenvalue weighted by molar-refractivity contribution is 6.31. The van der Waals surface area contributed by atoms with Crippen LogP contribution in [0.3, 0.4) is 0 Å². The first-order valence-corrected chi connectivity index (χ1v) is 8.59. The maximum atomic E-state index is 13.1. The van der Waals surface area contributed by atoms with Gasteiger partial charge in [0.25, 0.3) is 0 Å². The molecule has 0 aliphatic carbocycles. The van der Waals surface area contributed by atoms with Crippen molar-refractivity contribution in [3.8, 4) is 0 Å². The minimum Gasteiger partial charge on any atom is -0.324 e. The van der Waals surface area contributed by atoms with Gasteiger partial charge >= 0.3 is 0 Å². The number of amides is 1. The number of benzene rings is 3. The van der Waals surface area contributed by atoms with Crippen LogP contribution in [0.4, 0.5) is 10.1 Å². The zero-order chi connectivity index (χ0) is 18.4. The van der Waals surface area contributed by atoms with E-state index in [2.05, 4.69) is 10.6 Å². The molecule has 0 aromatic heterocycles. The highest BCUT2D eigenvalue weighted by Gasteiger charge is 2.20. The first kappa shape index (κ1) is 18.1. The minimum atomic E-state index is -0.572. The number of hydrogen-bond acceptors (Lipinski definition) is 2. The van der Waals surface area contributed by atoms with Crippen molar-refractivity contribution in [2.45, 2.75) is 12.6 Å². The maximum Gasteiger partial charge on any atom is 0.246 e. The van der Waals surface area contributed by atoms with E-state index < -0.39 is 6.04 Å². The molecule has 1 amide bonds. The summed E-state index contributed by atoms with van der Waals surface area (Å²) in [5.41, 5.74) is 2.28. The largest absolute Gasteiger partial charge is 0.324 e. The van der Waals surface area contributed by atoms with E-state index in [4.69, 9.17) is 11.6 Å². The molecule has 0 saturated heterocycles. The van der Waals surface area contributed by atoms with Crippen LogP contribution in [-0.4, -0.2) is 5.91 Å². The Morgan fingerprint density at radius 1 is 0.923 bits per heavy atom. The van der Waals surface area contributed by atoms with E-state index in [1.807, 2.05) is 54.6 Å². The van der Waals surface area contributed by atoms with E-state index in [0.29, 0.717) is 17.3 Å². The van der Waals surface area contributed by atoms with Gasteiger partial charge in [0.15, 0.2) is 0 Å². The summed E-state index contributed by atoms with van der Waals surface area (Å²) < 4.78 is 13.1. The van der Waals surface area contributed by atoms with Crippen LogP contribution in [0.15, 0.2) is 78.9 Å². The third kappa shape index (κ3) is 4.69. The van der Waals surface area contributed by atoms with Crippen molar-refractivity contribution < 1.29 is 9.18 Å². The molecule has 2 N–H and O–H groups in total. The lowest BCUT2D eigenvalue weighted by Gasteiger charge is -2.19. The molecule has 1 atom stereocenters. The Hall–Kier alpha value is -2.69. The molecular formula is C21H18ClFN2O. The lowest BCUT2D eigenvalue weighted by molar-refractivity contribution is -0.118. The molecule has 26 heavy (non-hydrogen) atoms. The lowest BCUT2D eigenvalue weighted by atomic mass is 10.1. The summed E-state index contributed by atoms with van der Waals surface area (Å²) in [5.74, 6) is -0.575. The summed E-state index contributed by atoms with van der Waals surface area (Å²) in [5, 5.41) is 6.72. The Kier molecular flexibility index (Phi) is 6.00. The fraction of sp³-hybridized carbons (Fsp3) is 0.0952. The first-order valence-electron chi connectivity index (χ1n) is 8.21. The molecule has 1 unspecified atom stereocenters. The number of nitrogens with one attached hydrogen (secondary N) is 2. The molecule has 3 nitrogen and oxygen atoms in total. The number of hydrogen-bond donors (Lipinski definition) is 2. The monoisotopic (exact) mass is 368 g/mol. The maximum absolute atomic E-state index is 13.1. The second-order valence-corrected chi connectivity index (χ2v) is 6.22. The highest BCUT2D eigenvalue weighted by Crippen LogP contribution is 2.20. The van der Waals surface area contributed by atoms with Gasteiger partial charge in [-0.15, -0.1) is 0 Å². The van der Waals surface area contributed by atoms with E-state index in [9.17, 15) is 9.18 Å². The number of halogens is 2. The van der Waals surface area contributed by atoms with Crippen LogP contribution < -0.4 is 10.6 Å². The van der Waals surface area contributed by atoms with Crippen molar-refractivity contribution in [3.63, 3.8) is 0 Å². The highest BCUT2D eigenvalue weighted by atomic mass is 35.5. The molecule has 0 aliphatic heterocycles. The summed E-state index contributed by atoms with van der Waals surface area (Å²) in [6.07, 6.45) is 0. The molecule has 132 valence electrons. The van der Waals surface area contributed by atoms with Crippen molar-refractivity contribution in [1.29, 1.82) is 0 Å². The molecule has 0 spiro atoms. The summed E-state index contributed by atoms with van der Waals surface area (Å²) in [6, 6.07) is 22.0. The predicted molar refractivity (Wildman–Crippen MR) is 103 cm³/mol. The minimum absolute atomic E-state index is 0.227. The molecule has 5 heteroatoms. The standard InChI is InChI=1S/C21H18ClFN2O/c22-19-9-5-4-8-16(19)14-24-20(15-6-2-1-3-7-15)21(26)25-18-12-10-17(23)11-13-18/h1-13,20,24H,14H2,(H,25,26). The SMILES string of the molecule is O=C(Nc1ccc(F)cc1)C(NCc1ccccc1Cl)c1ccccc1. The first-order chi connectivity index (χ1) is 12.6. The average molecular weight is 369 g/mol. The second kappa shape index (κ2) is 8.61. The van der Waals surface area contributed by atoms with Gasteiger partial charge in [-0.05, 0) is 41.5 Å². The molecule has 3 rings (SSSR count). The lowest BCUT2D eigenvalue weighted by Crippen LogP contribution is -2.32. The topological polar surface area (TPSA) is 41.1 Å². The Morgan fingerprint density at radius 3 is 2.27 bits per heavy atom. The van der Waals surface area contributed by atoms with Crippen LogP contribution in [0.5, 0.6) is 0 Å². The fourth-order valence-electron chi connectivity index (χ4n) is 2.61. The van der Waals surface area contributed by atoms with Gasteiger partial charge in [0.1, 0.15) is 11.9 Å². The van der Waals surface area contributed by atoms with Crippen LogP contribution in [0.2, 0.25) is 5.02 Å². The van der Waals surface area contributed by atoms with Crippen LogP contribution in [0, 0.1) is 5.82 Å². The zero-order valence-electron chi connectivity index (χ0n) is 14.0. The molecule has 3 aromatic carbocycles. The normalized spacial score (nSPS) is 11.8. The number of anilines is 1. The molecule has 0 radical (unpaired) electrons. The Labute approximate surface area is 156 Å². The predicted octanol–water partition coefficient (Wildman–Crippen LogP) is 4.95. The summed E-state index contributed by atoms with van der Waals surface area (Å²) in [7, 11) is 0. The Morgan fingerprint density at radius 2 is 1.58 bits per heavy atom. The van der Waals surface area contributed by atoms with Gasteiger partial charge in [-0.2, -0.15) is 0 Å². The van der Waals surface area contributed by atoms with Gasteiger partial charge in [-0.1, -0.05) is 60.1 Å². The summed E-state index contributed by atoms with van der Waals surface area (Å²) in [4.78, 5) is 12.8. The fourth-order valence-corrected chi connectivity index (χ4v) is 2.81. The van der Waals surface area contributed by atoms with E-state index in [0.717, 1.165) is 11.1 Å². The smallest absolute Gasteiger partial charge is 0.246 e. The van der Waals surface area contributed by atoms with Gasteiger partial charge in [-0.25, -0.2) is 4.39 Å². The number of carbonyl (C=O) groups excluding carboxylic acids is 1. The van der Waals surface area contributed by atoms with Crippen molar-refractivity contribution in [3.05, 3.63) is 101 Å². The molecule has 3 aromatic rings. The summed E-state index contributed by atoms with van der Waals surface area (Å²) in [6.45, 7) is 0.441. The van der Waals surface area contributed by atoms with Crippen LogP contribution in [0.25, 0.3) is 0 Å². The molecular weight excluding hydrogens is 351 g/mol. The van der Waals surface area contributed by atoms with E-state index in [1.165, 1.54) is 24.3 Å². The number of rotatable bonds is 6. The quantitative estimate of drug-likeness (QED) is 0.646. The Balaban J connectivity index is 1.78. The van der Waals surface area contributed by atoms with Gasteiger partial charge in [0.2, 0.25) is 5.91 Å². The molecule has 0 heterocycles. The van der Waals surface area contributed by atoms with Gasteiger partial charge in [0.05, 0.1) is 0 Å². The second-order valence-electron chi connectivity index (χ2n) is 5.81. The molecule has 0 aliphatic rings. The van der Waals surface area contributed by atoms with Crippen LogP contribution in [-0.2, 0) is 11.3 Å². The zero-order valence-corrected chi connectivity index (χ0v) is 14.7. The number of carbonyl (C=O) groups is 1. The van der Waals surface area contributed by atoms with Crippen molar-refractivity contribution >= 4 is 23.2 Å². The van der Waals surface area contributed by atoms with Crippen molar-refractivity contribution in [2.75, 3.05) is 5.32 Å². The van der Waals surface area contributed by atoms with E-state index in [1.54, 1.807) is 0 Å². The van der Waals surface area contributed by atoms with Crippen molar-refractivity contribution in [2.24, 2.45) is 0 Å². The Bertz CT molecular complexity index is 869.